The van der Waals surface area contributed by atoms with Crippen molar-refractivity contribution in [1.29, 1.82) is 0 Å². The van der Waals surface area contributed by atoms with Gasteiger partial charge in [-0.25, -0.2) is 0 Å². The van der Waals surface area contributed by atoms with E-state index in [1.54, 1.807) is 0 Å². The van der Waals surface area contributed by atoms with E-state index in [1.165, 1.54) is 141 Å². The highest BCUT2D eigenvalue weighted by atomic mass is 16.2. The molecule has 0 aliphatic carbocycles. The van der Waals surface area contributed by atoms with Gasteiger partial charge in [0.1, 0.15) is 0 Å². The molecule has 2 N–H and O–H groups in total. The van der Waals surface area contributed by atoms with Crippen LogP contribution in [0.4, 0.5) is 0 Å². The SMILES string of the molecule is CCCCCCCCCCCCCCNC(=O)CCCCCC#CC#CCCCCCC(=O)NCCCCCCCCCCCCCC. The first-order chi connectivity index (χ1) is 23.7. The fourth-order valence-electron chi connectivity index (χ4n) is 6.13. The second kappa shape index (κ2) is 41.2. The minimum atomic E-state index is 0.200. The quantitative estimate of drug-likeness (QED) is 0.0515. The number of hydrogen-bond acceptors (Lipinski definition) is 2. The topological polar surface area (TPSA) is 58.2 Å². The van der Waals surface area contributed by atoms with Crippen LogP contribution in [0.25, 0.3) is 0 Å². The minimum Gasteiger partial charge on any atom is -0.356 e. The molecule has 0 saturated carbocycles. The monoisotopic (exact) mass is 669 g/mol. The van der Waals surface area contributed by atoms with Gasteiger partial charge in [0.15, 0.2) is 0 Å². The van der Waals surface area contributed by atoms with E-state index in [2.05, 4.69) is 48.2 Å². The molecule has 0 bridgehead atoms. The number of carbonyl (C=O) groups excluding carboxylic acids is 2. The minimum absolute atomic E-state index is 0.200. The van der Waals surface area contributed by atoms with Gasteiger partial charge < -0.3 is 10.6 Å². The van der Waals surface area contributed by atoms with Gasteiger partial charge >= 0.3 is 0 Å². The predicted molar refractivity (Wildman–Crippen MR) is 210 cm³/mol. The van der Waals surface area contributed by atoms with Crippen LogP contribution < -0.4 is 10.6 Å². The average Bonchev–Trinajstić information content (AvgIpc) is 3.09. The fourth-order valence-corrected chi connectivity index (χ4v) is 6.13. The molecule has 4 heteroatoms. The summed E-state index contributed by atoms with van der Waals surface area (Å²) in [6.45, 7) is 6.21. The molecule has 4 nitrogen and oxygen atoms in total. The van der Waals surface area contributed by atoms with Gasteiger partial charge in [0.2, 0.25) is 11.8 Å². The Labute approximate surface area is 300 Å². The van der Waals surface area contributed by atoms with E-state index in [0.29, 0.717) is 12.8 Å². The average molecular weight is 669 g/mol. The van der Waals surface area contributed by atoms with Crippen molar-refractivity contribution in [3.05, 3.63) is 0 Å². The first kappa shape index (κ1) is 46.1. The summed E-state index contributed by atoms with van der Waals surface area (Å²) >= 11 is 0. The van der Waals surface area contributed by atoms with Crippen LogP contribution in [0.3, 0.4) is 0 Å². The second-order valence-electron chi connectivity index (χ2n) is 14.2. The van der Waals surface area contributed by atoms with Crippen LogP contribution in [0, 0.1) is 23.7 Å². The maximum atomic E-state index is 12.0. The van der Waals surface area contributed by atoms with Crippen molar-refractivity contribution in [2.24, 2.45) is 0 Å². The van der Waals surface area contributed by atoms with Gasteiger partial charge in [-0.05, 0) is 50.4 Å². The third-order valence-electron chi connectivity index (χ3n) is 9.36. The largest absolute Gasteiger partial charge is 0.356 e. The molecule has 0 atom stereocenters. The highest BCUT2D eigenvalue weighted by molar-refractivity contribution is 5.76. The lowest BCUT2D eigenvalue weighted by Gasteiger charge is -2.05. The summed E-state index contributed by atoms with van der Waals surface area (Å²) in [6.07, 6.45) is 41.3. The molecular formula is C44H80N2O2. The summed E-state index contributed by atoms with van der Waals surface area (Å²) in [5.74, 6) is 12.6. The Bertz CT molecular complexity index is 747. The van der Waals surface area contributed by atoms with E-state index < -0.39 is 0 Å². The standard InChI is InChI=1S/C44H80N2O2/c1-3-5-7-9-11-13-15-21-25-29-33-37-41-45-43(47)39-35-31-27-23-19-17-18-20-24-28-32-36-40-44(48)46-42-38-34-30-26-22-16-14-12-10-8-6-4-2/h3-16,21-42H2,1-2H3,(H,45,47)(H,46,48). The molecule has 0 aromatic carbocycles. The Morgan fingerprint density at radius 2 is 0.625 bits per heavy atom. The lowest BCUT2D eigenvalue weighted by molar-refractivity contribution is -0.122. The molecule has 0 fully saturated rings. The van der Waals surface area contributed by atoms with Crippen LogP contribution in [0.5, 0.6) is 0 Å². The first-order valence-electron chi connectivity index (χ1n) is 21.2. The van der Waals surface area contributed by atoms with E-state index in [9.17, 15) is 9.59 Å². The Kier molecular flexibility index (Phi) is 39.6. The van der Waals surface area contributed by atoms with Gasteiger partial charge in [0.05, 0.1) is 0 Å². The number of carbonyl (C=O) groups is 2. The third kappa shape index (κ3) is 40.2. The van der Waals surface area contributed by atoms with Crippen LogP contribution in [-0.2, 0) is 9.59 Å². The molecule has 48 heavy (non-hydrogen) atoms. The summed E-state index contributed by atoms with van der Waals surface area (Å²) in [7, 11) is 0. The molecule has 0 aromatic heterocycles. The van der Waals surface area contributed by atoms with Gasteiger partial charge in [-0.1, -0.05) is 180 Å². The lowest BCUT2D eigenvalue weighted by atomic mass is 10.1. The number of rotatable bonds is 36. The number of unbranched alkanes of at least 4 members (excludes halogenated alkanes) is 28. The molecule has 0 aliphatic heterocycles. The van der Waals surface area contributed by atoms with E-state index in [4.69, 9.17) is 0 Å². The summed E-state index contributed by atoms with van der Waals surface area (Å²) in [5.41, 5.74) is 0. The number of nitrogens with one attached hydrogen (secondary N) is 2. The molecule has 0 rings (SSSR count). The summed E-state index contributed by atoms with van der Waals surface area (Å²) in [6, 6.07) is 0. The van der Waals surface area contributed by atoms with Crippen molar-refractivity contribution < 1.29 is 9.59 Å². The van der Waals surface area contributed by atoms with Crippen molar-refractivity contribution >= 4 is 11.8 Å². The van der Waals surface area contributed by atoms with E-state index in [0.717, 1.165) is 77.3 Å². The Hall–Kier alpha value is -1.94. The van der Waals surface area contributed by atoms with Gasteiger partial charge in [0, 0.05) is 38.8 Å². The van der Waals surface area contributed by atoms with E-state index >= 15 is 0 Å². The normalized spacial score (nSPS) is 10.6. The molecule has 0 spiro atoms. The first-order valence-corrected chi connectivity index (χ1v) is 21.2. The number of hydrogen-bond donors (Lipinski definition) is 2. The van der Waals surface area contributed by atoms with Crippen LogP contribution in [0.2, 0.25) is 0 Å². The van der Waals surface area contributed by atoms with E-state index in [1.807, 2.05) is 0 Å². The molecule has 278 valence electrons. The van der Waals surface area contributed by atoms with Crippen molar-refractivity contribution in [3.8, 4) is 23.7 Å². The lowest BCUT2D eigenvalue weighted by Crippen LogP contribution is -2.23. The van der Waals surface area contributed by atoms with Crippen molar-refractivity contribution in [3.63, 3.8) is 0 Å². The van der Waals surface area contributed by atoms with Crippen LogP contribution in [-0.4, -0.2) is 24.9 Å². The maximum Gasteiger partial charge on any atom is 0.219 e. The molecule has 0 radical (unpaired) electrons. The van der Waals surface area contributed by atoms with Crippen LogP contribution in [0.1, 0.15) is 232 Å². The molecule has 0 aliphatic rings. The zero-order chi connectivity index (χ0) is 34.9. The van der Waals surface area contributed by atoms with Crippen molar-refractivity contribution in [1.82, 2.24) is 10.6 Å². The Balaban J connectivity index is 3.38. The summed E-state index contributed by atoms with van der Waals surface area (Å²) in [5, 5.41) is 6.17. The number of amides is 2. The smallest absolute Gasteiger partial charge is 0.219 e. The Morgan fingerprint density at radius 3 is 0.938 bits per heavy atom. The van der Waals surface area contributed by atoms with Gasteiger partial charge in [-0.3, -0.25) is 9.59 Å². The third-order valence-corrected chi connectivity index (χ3v) is 9.36. The summed E-state index contributed by atoms with van der Waals surface area (Å²) in [4.78, 5) is 24.1. The predicted octanol–water partition coefficient (Wildman–Crippen LogP) is 12.5. The van der Waals surface area contributed by atoms with Crippen molar-refractivity contribution in [2.75, 3.05) is 13.1 Å². The van der Waals surface area contributed by atoms with Crippen LogP contribution in [0.15, 0.2) is 0 Å². The molecule has 0 unspecified atom stereocenters. The van der Waals surface area contributed by atoms with E-state index in [-0.39, 0.29) is 11.8 Å². The van der Waals surface area contributed by atoms with Gasteiger partial charge in [-0.15, -0.1) is 0 Å². The zero-order valence-electron chi connectivity index (χ0n) is 32.3. The maximum absolute atomic E-state index is 12.0. The Morgan fingerprint density at radius 1 is 0.354 bits per heavy atom. The molecule has 2 amide bonds. The molecule has 0 heterocycles. The van der Waals surface area contributed by atoms with Gasteiger partial charge in [-0.2, -0.15) is 0 Å². The highest BCUT2D eigenvalue weighted by Gasteiger charge is 2.02. The van der Waals surface area contributed by atoms with Gasteiger partial charge in [0.25, 0.3) is 0 Å². The second-order valence-corrected chi connectivity index (χ2v) is 14.2. The fraction of sp³-hybridized carbons (Fsp3) is 0.864. The van der Waals surface area contributed by atoms with Crippen LogP contribution >= 0.6 is 0 Å². The molecule has 0 aromatic rings. The summed E-state index contributed by atoms with van der Waals surface area (Å²) < 4.78 is 0. The van der Waals surface area contributed by atoms with Crippen molar-refractivity contribution in [2.45, 2.75) is 232 Å². The molecule has 0 saturated heterocycles. The zero-order valence-corrected chi connectivity index (χ0v) is 32.3. The molecular weight excluding hydrogens is 588 g/mol. The highest BCUT2D eigenvalue weighted by Crippen LogP contribution is 2.13.